The third-order valence-electron chi connectivity index (χ3n) is 1.45. The third kappa shape index (κ3) is 4.53. The molecule has 0 saturated heterocycles. The number of rotatable bonds is 8. The molecule has 0 spiro atoms. The standard InChI is InChI=1S/C8H19O5P/c1-4-11-7-8(9)14(10,12-5-2)13-6-3/h8-9H,4-7H2,1-3H3/t8-/m0/s1. The van der Waals surface area contributed by atoms with Crippen LogP contribution < -0.4 is 0 Å². The van der Waals surface area contributed by atoms with Crippen molar-refractivity contribution in [2.24, 2.45) is 0 Å². The molecule has 0 heterocycles. The zero-order chi connectivity index (χ0) is 11.0. The number of hydrogen-bond donors (Lipinski definition) is 1. The Bertz CT molecular complexity index is 175. The molecule has 5 nitrogen and oxygen atoms in total. The normalized spacial score (nSPS) is 14.3. The Kier molecular flexibility index (Phi) is 7.41. The topological polar surface area (TPSA) is 65.0 Å². The summed E-state index contributed by atoms with van der Waals surface area (Å²) in [4.78, 5) is 0. The maximum atomic E-state index is 11.8. The first kappa shape index (κ1) is 14.1. The summed E-state index contributed by atoms with van der Waals surface area (Å²) in [5.41, 5.74) is 0. The number of aliphatic hydroxyl groups is 1. The maximum absolute atomic E-state index is 11.8. The second-order valence-electron chi connectivity index (χ2n) is 2.52. The van der Waals surface area contributed by atoms with E-state index in [0.717, 1.165) is 0 Å². The molecule has 0 aliphatic heterocycles. The van der Waals surface area contributed by atoms with Crippen molar-refractivity contribution in [1.29, 1.82) is 0 Å². The van der Waals surface area contributed by atoms with E-state index in [4.69, 9.17) is 13.8 Å². The lowest BCUT2D eigenvalue weighted by molar-refractivity contribution is 0.0578. The molecule has 0 aromatic rings. The average molecular weight is 226 g/mol. The summed E-state index contributed by atoms with van der Waals surface area (Å²) < 4.78 is 26.7. The van der Waals surface area contributed by atoms with Gasteiger partial charge in [-0.1, -0.05) is 0 Å². The van der Waals surface area contributed by atoms with Crippen LogP contribution in [-0.2, 0) is 18.3 Å². The molecule has 1 atom stereocenters. The summed E-state index contributed by atoms with van der Waals surface area (Å²) in [7, 11) is -3.41. The van der Waals surface area contributed by atoms with Gasteiger partial charge >= 0.3 is 7.60 Å². The van der Waals surface area contributed by atoms with Gasteiger partial charge in [0.25, 0.3) is 0 Å². The second-order valence-corrected chi connectivity index (χ2v) is 4.71. The molecular weight excluding hydrogens is 207 g/mol. The van der Waals surface area contributed by atoms with Gasteiger partial charge in [0.15, 0.2) is 5.85 Å². The van der Waals surface area contributed by atoms with E-state index in [1.54, 1.807) is 20.8 Å². The van der Waals surface area contributed by atoms with Gasteiger partial charge < -0.3 is 18.9 Å². The zero-order valence-electron chi connectivity index (χ0n) is 8.93. The Morgan fingerprint density at radius 1 is 1.14 bits per heavy atom. The van der Waals surface area contributed by atoms with Crippen LogP contribution in [0.4, 0.5) is 0 Å². The molecule has 0 saturated carbocycles. The molecule has 0 aliphatic carbocycles. The smallest absolute Gasteiger partial charge is 0.361 e. The lowest BCUT2D eigenvalue weighted by Crippen LogP contribution is -2.19. The van der Waals surface area contributed by atoms with E-state index in [0.29, 0.717) is 6.61 Å². The summed E-state index contributed by atoms with van der Waals surface area (Å²) in [5.74, 6) is -1.21. The SMILES string of the molecule is CCOC[C@@H](O)P(=O)(OCC)OCC. The molecule has 0 rings (SSSR count). The monoisotopic (exact) mass is 226 g/mol. The lowest BCUT2D eigenvalue weighted by atomic mass is 10.7. The summed E-state index contributed by atoms with van der Waals surface area (Å²) in [5, 5.41) is 9.52. The fraction of sp³-hybridized carbons (Fsp3) is 1.00. The maximum Gasteiger partial charge on any atom is 0.361 e. The molecule has 1 N–H and O–H groups in total. The van der Waals surface area contributed by atoms with Crippen LogP contribution in [0.2, 0.25) is 0 Å². The minimum absolute atomic E-state index is 0.0340. The number of hydrogen-bond acceptors (Lipinski definition) is 5. The Labute approximate surface area is 84.9 Å². The summed E-state index contributed by atoms with van der Waals surface area (Å²) in [6, 6.07) is 0. The van der Waals surface area contributed by atoms with Crippen LogP contribution in [-0.4, -0.2) is 37.4 Å². The van der Waals surface area contributed by atoms with Crippen LogP contribution in [0.25, 0.3) is 0 Å². The van der Waals surface area contributed by atoms with Gasteiger partial charge in [-0.25, -0.2) is 0 Å². The Hall–Kier alpha value is 0.0700. The molecule has 0 radical (unpaired) electrons. The van der Waals surface area contributed by atoms with Gasteiger partial charge in [0.05, 0.1) is 19.8 Å². The first-order chi connectivity index (χ1) is 6.60. The number of ether oxygens (including phenoxy) is 1. The van der Waals surface area contributed by atoms with Crippen molar-refractivity contribution in [3.63, 3.8) is 0 Å². The van der Waals surface area contributed by atoms with Gasteiger partial charge in [-0.05, 0) is 20.8 Å². The molecule has 0 aliphatic rings. The second kappa shape index (κ2) is 7.37. The van der Waals surface area contributed by atoms with Gasteiger partial charge in [-0.15, -0.1) is 0 Å². The van der Waals surface area contributed by atoms with Crippen molar-refractivity contribution < 1.29 is 23.5 Å². The largest absolute Gasteiger partial charge is 0.378 e. The minimum Gasteiger partial charge on any atom is -0.378 e. The van der Waals surface area contributed by atoms with Crippen LogP contribution in [0, 0.1) is 0 Å². The van der Waals surface area contributed by atoms with Crippen LogP contribution >= 0.6 is 7.60 Å². The molecule has 0 amide bonds. The third-order valence-corrected chi connectivity index (χ3v) is 3.57. The van der Waals surface area contributed by atoms with E-state index >= 15 is 0 Å². The lowest BCUT2D eigenvalue weighted by Gasteiger charge is -2.21. The molecular formula is C8H19O5P. The highest BCUT2D eigenvalue weighted by molar-refractivity contribution is 7.54. The zero-order valence-corrected chi connectivity index (χ0v) is 9.83. The fourth-order valence-electron chi connectivity index (χ4n) is 0.884. The minimum atomic E-state index is -3.41. The van der Waals surface area contributed by atoms with E-state index in [-0.39, 0.29) is 19.8 Å². The van der Waals surface area contributed by atoms with Crippen molar-refractivity contribution >= 4 is 7.60 Å². The molecule has 6 heteroatoms. The quantitative estimate of drug-likeness (QED) is 0.637. The summed E-state index contributed by atoms with van der Waals surface area (Å²) >= 11 is 0. The fourth-order valence-corrected chi connectivity index (χ4v) is 2.31. The molecule has 0 bridgehead atoms. The first-order valence-corrected chi connectivity index (χ1v) is 6.36. The van der Waals surface area contributed by atoms with E-state index in [2.05, 4.69) is 0 Å². The molecule has 14 heavy (non-hydrogen) atoms. The molecule has 0 aromatic carbocycles. The van der Waals surface area contributed by atoms with Crippen molar-refractivity contribution in [2.45, 2.75) is 26.6 Å². The Balaban J connectivity index is 4.23. The molecule has 0 unspecified atom stereocenters. The van der Waals surface area contributed by atoms with Gasteiger partial charge in [0.1, 0.15) is 0 Å². The highest BCUT2D eigenvalue weighted by atomic mass is 31.2. The summed E-state index contributed by atoms with van der Waals surface area (Å²) in [6.45, 7) is 6.07. The molecule has 0 fully saturated rings. The van der Waals surface area contributed by atoms with E-state index in [9.17, 15) is 9.67 Å². The Morgan fingerprint density at radius 3 is 2.00 bits per heavy atom. The van der Waals surface area contributed by atoms with Crippen molar-refractivity contribution in [3.8, 4) is 0 Å². The molecule has 0 aromatic heterocycles. The van der Waals surface area contributed by atoms with E-state index in [1.165, 1.54) is 0 Å². The van der Waals surface area contributed by atoms with Crippen LogP contribution in [0.5, 0.6) is 0 Å². The first-order valence-electron chi connectivity index (χ1n) is 4.75. The van der Waals surface area contributed by atoms with Gasteiger partial charge in [-0.3, -0.25) is 4.57 Å². The highest BCUT2D eigenvalue weighted by Crippen LogP contribution is 2.51. The highest BCUT2D eigenvalue weighted by Gasteiger charge is 2.33. The average Bonchev–Trinajstić information content (AvgIpc) is 2.15. The van der Waals surface area contributed by atoms with Crippen molar-refractivity contribution in [1.82, 2.24) is 0 Å². The van der Waals surface area contributed by atoms with Crippen molar-refractivity contribution in [2.75, 3.05) is 26.4 Å². The van der Waals surface area contributed by atoms with E-state index < -0.39 is 13.4 Å². The Morgan fingerprint density at radius 2 is 1.64 bits per heavy atom. The van der Waals surface area contributed by atoms with Gasteiger partial charge in [0.2, 0.25) is 0 Å². The predicted octanol–water partition coefficient (Wildman–Crippen LogP) is 1.61. The van der Waals surface area contributed by atoms with E-state index in [1.807, 2.05) is 0 Å². The van der Waals surface area contributed by atoms with Crippen LogP contribution in [0.15, 0.2) is 0 Å². The van der Waals surface area contributed by atoms with Crippen molar-refractivity contribution in [3.05, 3.63) is 0 Å². The number of aliphatic hydroxyl groups excluding tert-OH is 1. The van der Waals surface area contributed by atoms with Crippen LogP contribution in [0.1, 0.15) is 20.8 Å². The summed E-state index contributed by atoms with van der Waals surface area (Å²) in [6.07, 6.45) is 0. The van der Waals surface area contributed by atoms with Gasteiger partial charge in [0, 0.05) is 6.61 Å². The van der Waals surface area contributed by atoms with Gasteiger partial charge in [-0.2, -0.15) is 0 Å². The molecule has 86 valence electrons. The predicted molar refractivity (Wildman–Crippen MR) is 53.4 cm³/mol. The van der Waals surface area contributed by atoms with Crippen LogP contribution in [0.3, 0.4) is 0 Å².